The molecule has 0 saturated carbocycles. The van der Waals surface area contributed by atoms with Crippen molar-refractivity contribution in [2.45, 2.75) is 25.9 Å². The van der Waals surface area contributed by atoms with Crippen molar-refractivity contribution in [1.29, 1.82) is 0 Å². The number of aliphatic hydroxyl groups is 1. The molecule has 0 bridgehead atoms. The minimum absolute atomic E-state index is 0.0432. The van der Waals surface area contributed by atoms with Gasteiger partial charge in [0.1, 0.15) is 0 Å². The molecule has 0 saturated heterocycles. The molecule has 0 radical (unpaired) electrons. The number of hydrogen-bond donors (Lipinski definition) is 1. The van der Waals surface area contributed by atoms with Crippen LogP contribution >= 0.6 is 22.7 Å². The lowest BCUT2D eigenvalue weighted by Crippen LogP contribution is -2.23. The molecule has 5 aromatic carbocycles. The van der Waals surface area contributed by atoms with Gasteiger partial charge in [-0.15, -0.1) is 22.7 Å². The van der Waals surface area contributed by atoms with Crippen molar-refractivity contribution >= 4 is 57.2 Å². The second-order valence-corrected chi connectivity index (χ2v) is 15.2. The van der Waals surface area contributed by atoms with E-state index in [1.807, 2.05) is 23.5 Å². The molecular formula is C45H36N2OS2. The van der Waals surface area contributed by atoms with Crippen LogP contribution in [0, 0.1) is 0 Å². The normalized spacial score (nSPS) is 13.4. The summed E-state index contributed by atoms with van der Waals surface area (Å²) < 4.78 is 0. The van der Waals surface area contributed by atoms with E-state index in [9.17, 15) is 5.11 Å². The molecule has 0 aliphatic carbocycles. The van der Waals surface area contributed by atoms with Gasteiger partial charge < -0.3 is 10.0 Å². The average Bonchev–Trinajstić information content (AvgIpc) is 3.90. The lowest BCUT2D eigenvalue weighted by molar-refractivity contribution is 0.281. The molecule has 244 valence electrons. The fourth-order valence-corrected chi connectivity index (χ4v) is 8.54. The quantitative estimate of drug-likeness (QED) is 0.164. The highest BCUT2D eigenvalue weighted by Crippen LogP contribution is 2.42. The molecule has 2 aromatic heterocycles. The van der Waals surface area contributed by atoms with Gasteiger partial charge in [-0.1, -0.05) is 98.8 Å². The number of aliphatic hydroxyl groups excluding tert-OH is 1. The number of thiophene rings is 2. The van der Waals surface area contributed by atoms with Crippen molar-refractivity contribution in [1.82, 2.24) is 0 Å². The van der Waals surface area contributed by atoms with E-state index in [4.69, 9.17) is 4.99 Å². The van der Waals surface area contributed by atoms with E-state index in [1.54, 1.807) is 11.3 Å². The maximum absolute atomic E-state index is 9.60. The van der Waals surface area contributed by atoms with Gasteiger partial charge in [0.2, 0.25) is 0 Å². The lowest BCUT2D eigenvalue weighted by Gasteiger charge is -2.25. The van der Waals surface area contributed by atoms with Crippen molar-refractivity contribution < 1.29 is 5.11 Å². The van der Waals surface area contributed by atoms with E-state index in [1.165, 1.54) is 41.8 Å². The third-order valence-corrected chi connectivity index (χ3v) is 11.7. The Balaban J connectivity index is 0.961. The predicted octanol–water partition coefficient (Wildman–Crippen LogP) is 12.8. The maximum atomic E-state index is 9.60. The van der Waals surface area contributed by atoms with Gasteiger partial charge in [-0.05, 0) is 107 Å². The summed E-state index contributed by atoms with van der Waals surface area (Å²) in [6.45, 7) is 4.44. The Labute approximate surface area is 301 Å². The van der Waals surface area contributed by atoms with Gasteiger partial charge >= 0.3 is 0 Å². The zero-order valence-electron chi connectivity index (χ0n) is 28.0. The van der Waals surface area contributed by atoms with Crippen LogP contribution in [-0.2, 0) is 12.0 Å². The van der Waals surface area contributed by atoms with Crippen LogP contribution in [0.2, 0.25) is 0 Å². The molecule has 50 heavy (non-hydrogen) atoms. The topological polar surface area (TPSA) is 35.8 Å². The molecule has 1 N–H and O–H groups in total. The lowest BCUT2D eigenvalue weighted by atomic mass is 9.81. The molecule has 0 amide bonds. The van der Waals surface area contributed by atoms with Crippen LogP contribution in [0.25, 0.3) is 37.4 Å². The van der Waals surface area contributed by atoms with Gasteiger partial charge in [-0.3, -0.25) is 4.99 Å². The van der Waals surface area contributed by atoms with Crippen molar-refractivity contribution in [2.24, 2.45) is 4.99 Å². The van der Waals surface area contributed by atoms with Gasteiger partial charge in [0.05, 0.1) is 18.0 Å². The van der Waals surface area contributed by atoms with Crippen molar-refractivity contribution in [2.75, 3.05) is 4.90 Å². The van der Waals surface area contributed by atoms with E-state index in [2.05, 4.69) is 170 Å². The van der Waals surface area contributed by atoms with Crippen LogP contribution in [0.5, 0.6) is 0 Å². The molecule has 0 atom stereocenters. The second-order valence-electron chi connectivity index (χ2n) is 13.0. The third-order valence-electron chi connectivity index (χ3n) is 9.34. The van der Waals surface area contributed by atoms with Crippen LogP contribution in [0.1, 0.15) is 29.9 Å². The van der Waals surface area contributed by atoms with Gasteiger partial charge in [0.15, 0.2) is 0 Å². The summed E-state index contributed by atoms with van der Waals surface area (Å²) in [7, 11) is 0. The van der Waals surface area contributed by atoms with Crippen molar-refractivity contribution in [3.05, 3.63) is 174 Å². The first kappa shape index (κ1) is 31.9. The Morgan fingerprint density at radius 3 is 1.80 bits per heavy atom. The van der Waals surface area contributed by atoms with Gasteiger partial charge in [-0.2, -0.15) is 0 Å². The number of nitrogens with zero attached hydrogens (tertiary/aromatic N) is 2. The van der Waals surface area contributed by atoms with Crippen LogP contribution in [-0.4, -0.2) is 10.8 Å². The summed E-state index contributed by atoms with van der Waals surface area (Å²) >= 11 is 3.63. The molecule has 1 aliphatic heterocycles. The highest BCUT2D eigenvalue weighted by molar-refractivity contribution is 7.24. The molecule has 7 aromatic rings. The molecule has 8 rings (SSSR count). The largest absolute Gasteiger partial charge is 0.392 e. The van der Waals surface area contributed by atoms with Gasteiger partial charge in [0.25, 0.3) is 0 Å². The van der Waals surface area contributed by atoms with Crippen LogP contribution < -0.4 is 4.90 Å². The first-order valence-electron chi connectivity index (χ1n) is 16.8. The van der Waals surface area contributed by atoms with Crippen molar-refractivity contribution in [3.8, 4) is 31.3 Å². The minimum atomic E-state index is -0.204. The van der Waals surface area contributed by atoms with E-state index in [0.717, 1.165) is 34.0 Å². The molecule has 5 heteroatoms. The summed E-state index contributed by atoms with van der Waals surface area (Å²) in [5.41, 5.74) is 10.9. The average molecular weight is 685 g/mol. The highest BCUT2D eigenvalue weighted by atomic mass is 32.1. The smallest absolute Gasteiger partial charge is 0.0681 e. The SMILES string of the molecule is CC1(C)C(C=Cc2ccc(-c3ccc(-c4ccc(-c5ccc(N(c6ccccc6)c6ccccc6)cc5)cc4)s3)s2)=Nc2ccc(CO)cc21. The number of hydrogen-bond acceptors (Lipinski definition) is 5. The third kappa shape index (κ3) is 6.27. The van der Waals surface area contributed by atoms with Crippen molar-refractivity contribution in [3.63, 3.8) is 0 Å². The first-order chi connectivity index (χ1) is 24.5. The fourth-order valence-electron chi connectivity index (χ4n) is 6.53. The zero-order chi connectivity index (χ0) is 34.1. The first-order valence-corrected chi connectivity index (χ1v) is 18.4. The number of allylic oxidation sites excluding steroid dienone is 1. The summed E-state index contributed by atoms with van der Waals surface area (Å²) in [5.74, 6) is 0. The monoisotopic (exact) mass is 684 g/mol. The van der Waals surface area contributed by atoms with E-state index >= 15 is 0 Å². The van der Waals surface area contributed by atoms with Gasteiger partial charge in [0, 0.05) is 42.0 Å². The number of benzene rings is 5. The van der Waals surface area contributed by atoms with Gasteiger partial charge in [-0.25, -0.2) is 0 Å². The Morgan fingerprint density at radius 1 is 0.580 bits per heavy atom. The standard InChI is InChI=1S/C45H36N2OS2/c1-45(2)39-29-31(30-48)13-24-40(39)46-44(45)28-23-38-22-25-42(49-38)43-27-26-41(50-43)34-16-14-32(15-17-34)33-18-20-37(21-19-33)47(35-9-5-3-6-10-35)36-11-7-4-8-12-36/h3-29,48H,30H2,1-2H3. The molecule has 3 nitrogen and oxygen atoms in total. The number of rotatable bonds is 9. The molecule has 3 heterocycles. The minimum Gasteiger partial charge on any atom is -0.392 e. The Bertz CT molecular complexity index is 2270. The zero-order valence-corrected chi connectivity index (χ0v) is 29.6. The number of para-hydroxylation sites is 2. The highest BCUT2D eigenvalue weighted by Gasteiger charge is 2.33. The van der Waals surface area contributed by atoms with Crippen LogP contribution in [0.3, 0.4) is 0 Å². The molecule has 1 aliphatic rings. The Hall–Kier alpha value is -5.33. The van der Waals surface area contributed by atoms with Crippen LogP contribution in [0.4, 0.5) is 22.7 Å². The molecule has 0 fully saturated rings. The molecular weight excluding hydrogens is 649 g/mol. The number of aliphatic imine (C=N–C) groups is 1. The van der Waals surface area contributed by atoms with Crippen LogP contribution in [0.15, 0.2) is 163 Å². The summed E-state index contributed by atoms with van der Waals surface area (Å²) in [6, 6.07) is 53.6. The number of fused-ring (bicyclic) bond motifs is 1. The molecule has 0 spiro atoms. The predicted molar refractivity (Wildman–Crippen MR) is 215 cm³/mol. The van der Waals surface area contributed by atoms with E-state index < -0.39 is 0 Å². The Kier molecular flexibility index (Phi) is 8.63. The fraction of sp³-hybridized carbons (Fsp3) is 0.0889. The second kappa shape index (κ2) is 13.5. The summed E-state index contributed by atoms with van der Waals surface area (Å²) in [5, 5.41) is 9.60. The van der Waals surface area contributed by atoms with E-state index in [0.29, 0.717) is 0 Å². The summed E-state index contributed by atoms with van der Waals surface area (Å²) in [6.07, 6.45) is 4.32. The summed E-state index contributed by atoms with van der Waals surface area (Å²) in [4.78, 5) is 12.2. The molecule has 0 unspecified atom stereocenters. The Morgan fingerprint density at radius 2 is 1.14 bits per heavy atom. The maximum Gasteiger partial charge on any atom is 0.0681 e. The van der Waals surface area contributed by atoms with E-state index in [-0.39, 0.29) is 12.0 Å². The number of anilines is 3.